The molecule has 0 amide bonds. The van der Waals surface area contributed by atoms with Crippen LogP contribution < -0.4 is 10.1 Å². The third-order valence-electron chi connectivity index (χ3n) is 4.33. The molecule has 0 spiro atoms. The van der Waals surface area contributed by atoms with Crippen molar-refractivity contribution in [1.29, 1.82) is 0 Å². The fraction of sp³-hybridized carbons (Fsp3) is 0.118. The summed E-state index contributed by atoms with van der Waals surface area (Å²) in [5.74, 6) is -0.0952. The zero-order valence-corrected chi connectivity index (χ0v) is 13.2. The van der Waals surface area contributed by atoms with Crippen LogP contribution in [0.15, 0.2) is 54.7 Å². The second-order valence-electron chi connectivity index (χ2n) is 5.69. The quantitative estimate of drug-likeness (QED) is 0.387. The van der Waals surface area contributed by atoms with Gasteiger partial charge in [0, 0.05) is 40.5 Å². The average Bonchev–Trinajstić information content (AvgIpc) is 3.02. The van der Waals surface area contributed by atoms with Crippen LogP contribution in [-0.4, -0.2) is 21.5 Å². The van der Waals surface area contributed by atoms with Crippen LogP contribution in [-0.2, 0) is 4.79 Å². The number of hydrogen-bond acceptors (Lipinski definition) is 4. The van der Waals surface area contributed by atoms with Crippen molar-refractivity contribution in [1.82, 2.24) is 4.98 Å². The van der Waals surface area contributed by atoms with Crippen LogP contribution >= 0.6 is 11.6 Å². The number of alkyl halides is 1. The van der Waals surface area contributed by atoms with Crippen molar-refractivity contribution >= 4 is 39.7 Å². The predicted octanol–water partition coefficient (Wildman–Crippen LogP) is 2.27. The van der Waals surface area contributed by atoms with E-state index >= 15 is 0 Å². The number of carbonyl (C=O) groups is 1. The summed E-state index contributed by atoms with van der Waals surface area (Å²) in [6, 6.07) is 13.7. The summed E-state index contributed by atoms with van der Waals surface area (Å²) in [6.45, 7) is 0. The Kier molecular flexibility index (Phi) is 3.54. The standard InChI is InChI=1S/C17H14ClN3O3/c18-17-16(22)15(13-9-19-14-7-2-1-6-12(13)14)20(17)10-4-3-5-11(8-10)21(23)24/h1-9,15,17,19,21,23H. The van der Waals surface area contributed by atoms with Gasteiger partial charge in [0.15, 0.2) is 17.0 Å². The molecule has 3 N–H and O–H groups in total. The molecule has 24 heavy (non-hydrogen) atoms. The summed E-state index contributed by atoms with van der Waals surface area (Å²) in [6.07, 6.45) is 1.81. The predicted molar refractivity (Wildman–Crippen MR) is 90.4 cm³/mol. The number of ketones is 1. The number of carbonyl (C=O) groups excluding carboxylic acids is 1. The van der Waals surface area contributed by atoms with Crippen LogP contribution in [0.5, 0.6) is 0 Å². The lowest BCUT2D eigenvalue weighted by atomic mass is 9.91. The third-order valence-corrected chi connectivity index (χ3v) is 4.76. The normalized spacial score (nSPS) is 21.8. The van der Waals surface area contributed by atoms with E-state index in [1.165, 1.54) is 12.1 Å². The number of nitrogens with one attached hydrogen (secondary N) is 2. The van der Waals surface area contributed by atoms with E-state index in [0.717, 1.165) is 16.5 Å². The second kappa shape index (κ2) is 5.61. The van der Waals surface area contributed by atoms with Gasteiger partial charge in [0.25, 0.3) is 0 Å². The molecule has 4 rings (SSSR count). The van der Waals surface area contributed by atoms with E-state index in [9.17, 15) is 10.0 Å². The highest BCUT2D eigenvalue weighted by Crippen LogP contribution is 2.43. The van der Waals surface area contributed by atoms with Gasteiger partial charge in [-0.25, -0.2) is 5.21 Å². The minimum Gasteiger partial charge on any atom is -0.595 e. The van der Waals surface area contributed by atoms with Gasteiger partial charge >= 0.3 is 0 Å². The Morgan fingerprint density at radius 2 is 2.00 bits per heavy atom. The molecule has 1 fully saturated rings. The van der Waals surface area contributed by atoms with Gasteiger partial charge in [-0.15, -0.1) is 0 Å². The number of quaternary nitrogens is 1. The monoisotopic (exact) mass is 343 g/mol. The number of Topliss-reactive ketones (excluding diaryl/α,β-unsaturated/α-hetero) is 1. The number of nitrogens with zero attached hydrogens (tertiary/aromatic N) is 1. The van der Waals surface area contributed by atoms with Gasteiger partial charge in [-0.05, 0) is 12.1 Å². The van der Waals surface area contributed by atoms with Crippen LogP contribution in [0.3, 0.4) is 0 Å². The van der Waals surface area contributed by atoms with Crippen molar-refractivity contribution < 1.29 is 15.2 Å². The lowest BCUT2D eigenvalue weighted by Gasteiger charge is -2.45. The third kappa shape index (κ3) is 2.20. The van der Waals surface area contributed by atoms with Gasteiger partial charge in [0.2, 0.25) is 0 Å². The molecule has 1 aliphatic heterocycles. The number of rotatable bonds is 3. The fourth-order valence-electron chi connectivity index (χ4n) is 3.16. The van der Waals surface area contributed by atoms with E-state index < -0.39 is 16.8 Å². The topological polar surface area (TPSA) is 83.8 Å². The number of aromatic amines is 1. The van der Waals surface area contributed by atoms with Crippen LogP contribution in [0.1, 0.15) is 11.6 Å². The maximum Gasteiger partial charge on any atom is 0.197 e. The first-order chi connectivity index (χ1) is 11.6. The van der Waals surface area contributed by atoms with Gasteiger partial charge in [-0.3, -0.25) is 4.79 Å². The van der Waals surface area contributed by atoms with Crippen molar-refractivity contribution in [3.05, 3.63) is 65.5 Å². The van der Waals surface area contributed by atoms with E-state index in [1.807, 2.05) is 30.5 Å². The number of para-hydroxylation sites is 1. The molecule has 2 aromatic carbocycles. The number of benzene rings is 2. The lowest BCUT2D eigenvalue weighted by Crippen LogP contribution is -2.99. The molecule has 6 nitrogen and oxygen atoms in total. The maximum atomic E-state index is 12.4. The number of fused-ring (bicyclic) bond motifs is 1. The molecule has 0 bridgehead atoms. The van der Waals surface area contributed by atoms with Gasteiger partial charge in [-0.2, -0.15) is 5.23 Å². The van der Waals surface area contributed by atoms with Crippen molar-refractivity contribution in [3.63, 3.8) is 0 Å². The summed E-state index contributed by atoms with van der Waals surface area (Å²) < 4.78 is 0. The number of H-pyrrole nitrogens is 1. The molecule has 0 saturated carbocycles. The first kappa shape index (κ1) is 15.2. The summed E-state index contributed by atoms with van der Waals surface area (Å²) in [4.78, 5) is 17.3. The molecule has 0 radical (unpaired) electrons. The molecule has 122 valence electrons. The molecule has 1 saturated heterocycles. The smallest absolute Gasteiger partial charge is 0.197 e. The number of halogens is 1. The Labute approximate surface area is 142 Å². The van der Waals surface area contributed by atoms with E-state index in [1.54, 1.807) is 17.0 Å². The molecular weight excluding hydrogens is 330 g/mol. The van der Waals surface area contributed by atoms with Crippen LogP contribution in [0.2, 0.25) is 0 Å². The van der Waals surface area contributed by atoms with Gasteiger partial charge in [0.05, 0.1) is 0 Å². The van der Waals surface area contributed by atoms with E-state index in [-0.39, 0.29) is 11.5 Å². The van der Waals surface area contributed by atoms with Gasteiger partial charge < -0.3 is 15.1 Å². The molecule has 2 heterocycles. The molecule has 1 aliphatic rings. The summed E-state index contributed by atoms with van der Waals surface area (Å²) in [5.41, 5.74) is 1.76. The van der Waals surface area contributed by atoms with Crippen LogP contribution in [0.4, 0.5) is 11.4 Å². The van der Waals surface area contributed by atoms with Crippen molar-refractivity contribution in [3.8, 4) is 0 Å². The van der Waals surface area contributed by atoms with Gasteiger partial charge in [0.1, 0.15) is 6.04 Å². The minimum atomic E-state index is -1.02. The Morgan fingerprint density at radius 3 is 2.79 bits per heavy atom. The van der Waals surface area contributed by atoms with Gasteiger partial charge in [-0.1, -0.05) is 35.9 Å². The highest BCUT2D eigenvalue weighted by atomic mass is 35.5. The molecule has 3 atom stereocenters. The highest BCUT2D eigenvalue weighted by Gasteiger charge is 2.48. The first-order valence-corrected chi connectivity index (χ1v) is 7.87. The maximum absolute atomic E-state index is 12.4. The largest absolute Gasteiger partial charge is 0.595 e. The lowest BCUT2D eigenvalue weighted by molar-refractivity contribution is -0.991. The summed E-state index contributed by atoms with van der Waals surface area (Å²) in [7, 11) is 0. The number of hydrogen-bond donors (Lipinski definition) is 3. The number of anilines is 1. The van der Waals surface area contributed by atoms with Crippen LogP contribution in [0.25, 0.3) is 10.9 Å². The first-order valence-electron chi connectivity index (χ1n) is 7.43. The van der Waals surface area contributed by atoms with Crippen LogP contribution in [0, 0.1) is 5.21 Å². The molecule has 1 aromatic heterocycles. The summed E-state index contributed by atoms with van der Waals surface area (Å²) >= 11 is 6.21. The fourth-order valence-corrected chi connectivity index (χ4v) is 3.50. The van der Waals surface area contributed by atoms with E-state index in [0.29, 0.717) is 5.69 Å². The second-order valence-corrected chi connectivity index (χ2v) is 6.11. The van der Waals surface area contributed by atoms with Crippen molar-refractivity contribution in [2.75, 3.05) is 4.90 Å². The Balaban J connectivity index is 1.78. The van der Waals surface area contributed by atoms with E-state index in [2.05, 4.69) is 4.98 Å². The zero-order chi connectivity index (χ0) is 16.8. The van der Waals surface area contributed by atoms with Crippen molar-refractivity contribution in [2.45, 2.75) is 11.5 Å². The zero-order valence-electron chi connectivity index (χ0n) is 12.4. The Morgan fingerprint density at radius 1 is 1.21 bits per heavy atom. The number of aromatic nitrogens is 1. The summed E-state index contributed by atoms with van der Waals surface area (Å²) in [5, 5.41) is 20.3. The van der Waals surface area contributed by atoms with E-state index in [4.69, 9.17) is 16.8 Å². The van der Waals surface area contributed by atoms with Crippen molar-refractivity contribution in [2.24, 2.45) is 0 Å². The Bertz CT molecular complexity index is 924. The highest BCUT2D eigenvalue weighted by molar-refractivity contribution is 6.37. The molecule has 3 unspecified atom stereocenters. The average molecular weight is 344 g/mol. The Hall–Kier alpha value is -2.38. The molecule has 3 aromatic rings. The molecule has 0 aliphatic carbocycles. The molecule has 7 heteroatoms. The molecular formula is C17H14ClN3O3. The SMILES string of the molecule is O=C1C(Cl)N(c2cccc([NH+]([O-])O)c2)C1c1c[nH]c2ccccc12. The minimum absolute atomic E-state index is 0.0952.